The van der Waals surface area contributed by atoms with E-state index >= 15 is 0 Å². The number of sulfonamides is 1. The van der Waals surface area contributed by atoms with Gasteiger partial charge in [-0.2, -0.15) is 18.0 Å². The molecule has 0 aliphatic carbocycles. The Morgan fingerprint density at radius 1 is 1.19 bits per heavy atom. The van der Waals surface area contributed by atoms with E-state index < -0.39 is 10.0 Å². The minimum atomic E-state index is -3.92. The first-order chi connectivity index (χ1) is 12.8. The molecule has 0 spiro atoms. The van der Waals surface area contributed by atoms with E-state index in [1.807, 2.05) is 20.8 Å². The summed E-state index contributed by atoms with van der Waals surface area (Å²) in [6.45, 7) is 5.88. The van der Waals surface area contributed by atoms with Crippen LogP contribution in [-0.2, 0) is 16.4 Å². The van der Waals surface area contributed by atoms with Crippen molar-refractivity contribution in [2.24, 2.45) is 0 Å². The third-order valence-corrected chi connectivity index (χ3v) is 6.56. The monoisotopic (exact) mass is 410 g/mol. The van der Waals surface area contributed by atoms with Gasteiger partial charge in [-0.1, -0.05) is 32.1 Å². The molecular formula is C17H22N4O4S2. The van der Waals surface area contributed by atoms with Crippen molar-refractivity contribution in [1.29, 1.82) is 0 Å². The molecule has 0 saturated carbocycles. The van der Waals surface area contributed by atoms with Crippen LogP contribution in [0.15, 0.2) is 23.2 Å². The summed E-state index contributed by atoms with van der Waals surface area (Å²) in [5, 5.41) is 5.35. The largest absolute Gasteiger partial charge is 0.497 e. The number of rotatable bonds is 7. The molecule has 0 unspecified atom stereocenters. The summed E-state index contributed by atoms with van der Waals surface area (Å²) < 4.78 is 40.7. The Labute approximate surface area is 162 Å². The predicted molar refractivity (Wildman–Crippen MR) is 105 cm³/mol. The van der Waals surface area contributed by atoms with Crippen LogP contribution < -0.4 is 14.2 Å². The average Bonchev–Trinajstić information content (AvgIpc) is 3.18. The summed E-state index contributed by atoms with van der Waals surface area (Å²) in [7, 11) is -0.907. The molecule has 10 heteroatoms. The van der Waals surface area contributed by atoms with E-state index in [9.17, 15) is 8.42 Å². The van der Waals surface area contributed by atoms with Crippen molar-refractivity contribution in [3.8, 4) is 11.5 Å². The molecule has 8 nitrogen and oxygen atoms in total. The van der Waals surface area contributed by atoms with E-state index in [4.69, 9.17) is 9.47 Å². The lowest BCUT2D eigenvalue weighted by Gasteiger charge is -2.11. The van der Waals surface area contributed by atoms with E-state index in [-0.39, 0.29) is 10.9 Å². The van der Waals surface area contributed by atoms with E-state index in [2.05, 4.69) is 14.8 Å². The second-order valence-corrected chi connectivity index (χ2v) is 8.80. The Morgan fingerprint density at radius 2 is 1.81 bits per heavy atom. The smallest absolute Gasteiger partial charge is 0.281 e. The number of methoxy groups -OCH3 is 2. The summed E-state index contributed by atoms with van der Waals surface area (Å²) in [6, 6.07) is 4.84. The molecule has 0 saturated heterocycles. The standard InChI is InChI=1S/C17H22N4O4S2/c1-6-14-16(21-17(18-14)26-15(19-21)10(2)3)27(22,23)20-11-7-12(24-4)9-13(8-11)25-5/h7-10,20H,6H2,1-5H3. The molecule has 3 aromatic rings. The van der Waals surface area contributed by atoms with Crippen molar-refractivity contribution in [3.05, 3.63) is 28.9 Å². The molecule has 2 heterocycles. The number of aryl methyl sites for hydroxylation is 1. The molecule has 27 heavy (non-hydrogen) atoms. The van der Waals surface area contributed by atoms with Gasteiger partial charge in [-0.25, -0.2) is 4.98 Å². The number of benzene rings is 1. The topological polar surface area (TPSA) is 94.8 Å². The van der Waals surface area contributed by atoms with Gasteiger partial charge in [-0.3, -0.25) is 4.72 Å². The summed E-state index contributed by atoms with van der Waals surface area (Å²) in [5.41, 5.74) is 0.814. The van der Waals surface area contributed by atoms with Crippen LogP contribution in [0, 0.1) is 0 Å². The van der Waals surface area contributed by atoms with Gasteiger partial charge < -0.3 is 9.47 Å². The van der Waals surface area contributed by atoms with Gasteiger partial charge >= 0.3 is 0 Å². The normalized spacial score (nSPS) is 11.9. The zero-order chi connectivity index (χ0) is 19.8. The van der Waals surface area contributed by atoms with Gasteiger partial charge in [0.2, 0.25) is 9.99 Å². The number of hydrogen-bond acceptors (Lipinski definition) is 7. The highest BCUT2D eigenvalue weighted by Gasteiger charge is 2.27. The number of hydrogen-bond donors (Lipinski definition) is 1. The Balaban J connectivity index is 2.09. The van der Waals surface area contributed by atoms with Crippen LogP contribution >= 0.6 is 11.3 Å². The van der Waals surface area contributed by atoms with Gasteiger partial charge in [0.05, 0.1) is 25.6 Å². The highest BCUT2D eigenvalue weighted by atomic mass is 32.2. The highest BCUT2D eigenvalue weighted by molar-refractivity contribution is 7.92. The molecule has 0 atom stereocenters. The fourth-order valence-electron chi connectivity index (χ4n) is 2.59. The van der Waals surface area contributed by atoms with Gasteiger partial charge in [0.15, 0.2) is 0 Å². The van der Waals surface area contributed by atoms with Gasteiger partial charge in [0.25, 0.3) is 10.0 Å². The Morgan fingerprint density at radius 3 is 2.33 bits per heavy atom. The SMILES string of the molecule is CCc1nc2sc(C(C)C)nn2c1S(=O)(=O)Nc1cc(OC)cc(OC)c1. The first-order valence-electron chi connectivity index (χ1n) is 8.43. The maximum absolute atomic E-state index is 13.1. The van der Waals surface area contributed by atoms with E-state index in [1.54, 1.807) is 18.2 Å². The molecular weight excluding hydrogens is 388 g/mol. The number of imidazole rings is 1. The van der Waals surface area contributed by atoms with Gasteiger partial charge in [0.1, 0.15) is 16.5 Å². The van der Waals surface area contributed by atoms with Crippen molar-refractivity contribution in [2.45, 2.75) is 38.1 Å². The number of anilines is 1. The predicted octanol–water partition coefficient (Wildman–Crippen LogP) is 3.29. The van der Waals surface area contributed by atoms with Crippen LogP contribution in [0.1, 0.15) is 37.4 Å². The lowest BCUT2D eigenvalue weighted by atomic mass is 10.2. The van der Waals surface area contributed by atoms with E-state index in [1.165, 1.54) is 30.1 Å². The summed E-state index contributed by atoms with van der Waals surface area (Å²) in [5.74, 6) is 1.15. The van der Waals surface area contributed by atoms with E-state index in [0.717, 1.165) is 5.01 Å². The molecule has 3 rings (SSSR count). The molecule has 0 aliphatic rings. The maximum atomic E-state index is 13.1. The lowest BCUT2D eigenvalue weighted by Crippen LogP contribution is -2.17. The van der Waals surface area contributed by atoms with Crippen LogP contribution in [-0.4, -0.2) is 37.2 Å². The molecule has 0 aliphatic heterocycles. The number of nitrogens with zero attached hydrogens (tertiary/aromatic N) is 3. The van der Waals surface area contributed by atoms with Crippen molar-refractivity contribution in [2.75, 3.05) is 18.9 Å². The second kappa shape index (κ2) is 7.35. The minimum absolute atomic E-state index is 0.0601. The molecule has 0 fully saturated rings. The van der Waals surface area contributed by atoms with Crippen LogP contribution in [0.25, 0.3) is 4.96 Å². The number of ether oxygens (including phenoxy) is 2. The van der Waals surface area contributed by atoms with Crippen molar-refractivity contribution < 1.29 is 17.9 Å². The highest BCUT2D eigenvalue weighted by Crippen LogP contribution is 2.30. The van der Waals surface area contributed by atoms with Crippen molar-refractivity contribution in [1.82, 2.24) is 14.6 Å². The quantitative estimate of drug-likeness (QED) is 0.642. The fourth-order valence-corrected chi connectivity index (χ4v) is 4.95. The molecule has 1 N–H and O–H groups in total. The molecule has 0 radical (unpaired) electrons. The maximum Gasteiger partial charge on any atom is 0.281 e. The molecule has 2 aromatic heterocycles. The van der Waals surface area contributed by atoms with Crippen molar-refractivity contribution in [3.63, 3.8) is 0 Å². The zero-order valence-electron chi connectivity index (χ0n) is 15.8. The van der Waals surface area contributed by atoms with Crippen LogP contribution in [0.5, 0.6) is 11.5 Å². The minimum Gasteiger partial charge on any atom is -0.497 e. The Bertz CT molecular complexity index is 1050. The lowest BCUT2D eigenvalue weighted by molar-refractivity contribution is 0.395. The van der Waals surface area contributed by atoms with Crippen LogP contribution in [0.3, 0.4) is 0 Å². The number of fused-ring (bicyclic) bond motifs is 1. The Kier molecular flexibility index (Phi) is 5.29. The fraction of sp³-hybridized carbons (Fsp3) is 0.412. The molecule has 0 amide bonds. The van der Waals surface area contributed by atoms with Crippen LogP contribution in [0.2, 0.25) is 0 Å². The van der Waals surface area contributed by atoms with Crippen molar-refractivity contribution >= 4 is 32.0 Å². The van der Waals surface area contributed by atoms with Crippen LogP contribution in [0.4, 0.5) is 5.69 Å². The summed E-state index contributed by atoms with van der Waals surface area (Å²) in [4.78, 5) is 5.03. The summed E-state index contributed by atoms with van der Waals surface area (Å²) in [6.07, 6.45) is 0.477. The molecule has 0 bridgehead atoms. The van der Waals surface area contributed by atoms with Gasteiger partial charge in [-0.15, -0.1) is 0 Å². The molecule has 146 valence electrons. The third kappa shape index (κ3) is 3.72. The first kappa shape index (κ1) is 19.4. The molecule has 1 aromatic carbocycles. The van der Waals surface area contributed by atoms with E-state index in [0.29, 0.717) is 34.3 Å². The van der Waals surface area contributed by atoms with Gasteiger partial charge in [0, 0.05) is 24.1 Å². The summed E-state index contributed by atoms with van der Waals surface area (Å²) >= 11 is 1.40. The van der Waals surface area contributed by atoms with Gasteiger partial charge in [-0.05, 0) is 6.42 Å². The number of aromatic nitrogens is 3. The third-order valence-electron chi connectivity index (χ3n) is 3.93. The zero-order valence-corrected chi connectivity index (χ0v) is 17.4. The Hall–Kier alpha value is -2.33. The first-order valence-corrected chi connectivity index (χ1v) is 10.7. The second-order valence-electron chi connectivity index (χ2n) is 6.21. The average molecular weight is 411 g/mol. The number of nitrogens with one attached hydrogen (secondary N) is 1.